The number of benzene rings is 1. The highest BCUT2D eigenvalue weighted by Crippen LogP contribution is 2.35. The average Bonchev–Trinajstić information content (AvgIpc) is 2.65. The van der Waals surface area contributed by atoms with Crippen molar-refractivity contribution >= 4 is 23.4 Å². The molecular weight excluding hydrogens is 409 g/mol. The van der Waals surface area contributed by atoms with Gasteiger partial charge in [-0.1, -0.05) is 12.1 Å². The summed E-state index contributed by atoms with van der Waals surface area (Å²) in [4.78, 5) is 38.1. The number of non-ortho nitro benzene ring substituents is 1. The molecule has 9 nitrogen and oxygen atoms in total. The molecule has 0 fully saturated rings. The summed E-state index contributed by atoms with van der Waals surface area (Å²) in [6.07, 6.45) is -5.08. The quantitative estimate of drug-likeness (QED) is 0.396. The van der Waals surface area contributed by atoms with E-state index in [1.165, 1.54) is 38.1 Å². The van der Waals surface area contributed by atoms with E-state index in [2.05, 4.69) is 15.8 Å². The molecule has 160 valence electrons. The normalized spacial score (nSPS) is 11.0. The first-order valence-electron chi connectivity index (χ1n) is 8.57. The van der Waals surface area contributed by atoms with Crippen LogP contribution in [0.5, 0.6) is 0 Å². The Bertz CT molecular complexity index is 962. The molecule has 0 atom stereocenters. The molecule has 0 aliphatic rings. The highest BCUT2D eigenvalue weighted by molar-refractivity contribution is 5.97. The second-order valence-electron chi connectivity index (χ2n) is 6.03. The molecule has 0 radical (unpaired) electrons. The molecule has 12 heteroatoms. The Morgan fingerprint density at radius 3 is 2.40 bits per heavy atom. The van der Waals surface area contributed by atoms with Crippen LogP contribution in [0, 0.1) is 17.0 Å². The van der Waals surface area contributed by atoms with E-state index in [9.17, 15) is 32.9 Å². The number of carbonyl (C=O) groups is 2. The van der Waals surface area contributed by atoms with Crippen molar-refractivity contribution in [1.29, 1.82) is 0 Å². The van der Waals surface area contributed by atoms with Crippen LogP contribution in [-0.2, 0) is 22.1 Å². The van der Waals surface area contributed by atoms with Crippen molar-refractivity contribution in [2.75, 3.05) is 12.0 Å². The van der Waals surface area contributed by atoms with E-state index < -0.39 is 39.9 Å². The number of hydrazine groups is 1. The predicted molar refractivity (Wildman–Crippen MR) is 98.5 cm³/mol. The number of rotatable bonds is 7. The number of ether oxygens (including phenoxy) is 1. The van der Waals surface area contributed by atoms with E-state index in [0.717, 1.165) is 0 Å². The summed E-state index contributed by atoms with van der Waals surface area (Å²) in [6, 6.07) is 5.87. The molecule has 2 N–H and O–H groups in total. The highest BCUT2D eigenvalue weighted by atomic mass is 19.4. The number of alkyl halides is 3. The molecule has 2 rings (SSSR count). The molecule has 0 saturated heterocycles. The number of esters is 1. The van der Waals surface area contributed by atoms with Crippen LogP contribution < -0.4 is 10.9 Å². The third kappa shape index (κ3) is 5.65. The number of nitro groups is 1. The summed E-state index contributed by atoms with van der Waals surface area (Å²) in [5.74, 6) is -2.43. The number of pyridine rings is 1. The fourth-order valence-corrected chi connectivity index (χ4v) is 2.49. The number of nitrogens with zero attached hydrogens (tertiary/aromatic N) is 2. The van der Waals surface area contributed by atoms with Gasteiger partial charge in [0.2, 0.25) is 5.91 Å². The number of nitrogens with one attached hydrogen (secondary N) is 2. The first-order chi connectivity index (χ1) is 14.0. The summed E-state index contributed by atoms with van der Waals surface area (Å²) in [5.41, 5.74) is 2.54. The van der Waals surface area contributed by atoms with Crippen LogP contribution in [-0.4, -0.2) is 28.4 Å². The molecule has 0 aliphatic heterocycles. The van der Waals surface area contributed by atoms with Gasteiger partial charge in [0.1, 0.15) is 5.56 Å². The minimum Gasteiger partial charge on any atom is -0.462 e. The minimum atomic E-state index is -4.85. The minimum absolute atomic E-state index is 0.0394. The van der Waals surface area contributed by atoms with Crippen LogP contribution in [0.4, 0.5) is 24.7 Å². The average molecular weight is 426 g/mol. The maximum Gasteiger partial charge on any atom is 0.417 e. The number of hydrogen-bond donors (Lipinski definition) is 2. The number of anilines is 1. The first-order valence-corrected chi connectivity index (χ1v) is 8.57. The zero-order valence-electron chi connectivity index (χ0n) is 15.9. The van der Waals surface area contributed by atoms with Crippen molar-refractivity contribution in [2.24, 2.45) is 0 Å². The van der Waals surface area contributed by atoms with Gasteiger partial charge in [0.15, 0.2) is 5.82 Å². The third-order valence-corrected chi connectivity index (χ3v) is 3.76. The van der Waals surface area contributed by atoms with Crippen LogP contribution in [0.1, 0.15) is 34.1 Å². The molecule has 2 aromatic rings. The number of hydrogen-bond acceptors (Lipinski definition) is 7. The Balaban J connectivity index is 2.22. The van der Waals surface area contributed by atoms with Crippen molar-refractivity contribution in [1.82, 2.24) is 10.4 Å². The van der Waals surface area contributed by atoms with Gasteiger partial charge in [-0.25, -0.2) is 9.78 Å². The number of aryl methyl sites for hydroxylation is 1. The van der Waals surface area contributed by atoms with Crippen LogP contribution in [0.2, 0.25) is 0 Å². The number of aromatic nitrogens is 1. The summed E-state index contributed by atoms with van der Waals surface area (Å²) >= 11 is 0. The molecule has 0 spiro atoms. The van der Waals surface area contributed by atoms with Crippen molar-refractivity contribution in [2.45, 2.75) is 26.4 Å². The lowest BCUT2D eigenvalue weighted by Gasteiger charge is -2.17. The van der Waals surface area contributed by atoms with E-state index >= 15 is 0 Å². The number of carbonyl (C=O) groups excluding carboxylic acids is 2. The molecule has 1 aromatic carbocycles. The van der Waals surface area contributed by atoms with E-state index in [1.807, 2.05) is 0 Å². The Labute approximate surface area is 168 Å². The monoisotopic (exact) mass is 426 g/mol. The van der Waals surface area contributed by atoms with Gasteiger partial charge in [-0.2, -0.15) is 13.2 Å². The molecule has 0 saturated carbocycles. The zero-order chi connectivity index (χ0) is 22.5. The third-order valence-electron chi connectivity index (χ3n) is 3.76. The van der Waals surface area contributed by atoms with Gasteiger partial charge < -0.3 is 4.74 Å². The van der Waals surface area contributed by atoms with Gasteiger partial charge in [-0.15, -0.1) is 0 Å². The molecule has 0 aliphatic carbocycles. The number of halogens is 3. The Morgan fingerprint density at radius 2 is 1.87 bits per heavy atom. The van der Waals surface area contributed by atoms with Gasteiger partial charge in [0.05, 0.1) is 23.5 Å². The molecule has 0 unspecified atom stereocenters. The lowest BCUT2D eigenvalue weighted by molar-refractivity contribution is -0.384. The van der Waals surface area contributed by atoms with E-state index in [0.29, 0.717) is 11.6 Å². The standard InChI is InChI=1S/C18H17F3N4O5/c1-3-30-17(27)15-13(18(19,20)21)8-10(2)22-16(15)24-23-14(26)9-11-4-6-12(7-5-11)25(28)29/h4-8H,3,9H2,1-2H3,(H,22,24)(H,23,26). The number of amides is 1. The maximum atomic E-state index is 13.4. The second kappa shape index (κ2) is 9.20. The van der Waals surface area contributed by atoms with Crippen molar-refractivity contribution in [3.8, 4) is 0 Å². The molecule has 1 amide bonds. The molecule has 1 aromatic heterocycles. The van der Waals surface area contributed by atoms with Crippen LogP contribution >= 0.6 is 0 Å². The van der Waals surface area contributed by atoms with Gasteiger partial charge >= 0.3 is 12.1 Å². The summed E-state index contributed by atoms with van der Waals surface area (Å²) in [6.45, 7) is 2.58. The molecular formula is C18H17F3N4O5. The van der Waals surface area contributed by atoms with E-state index in [1.54, 1.807) is 0 Å². The Kier molecular flexibility index (Phi) is 6.93. The van der Waals surface area contributed by atoms with E-state index in [4.69, 9.17) is 4.74 Å². The predicted octanol–water partition coefficient (Wildman–Crippen LogP) is 3.18. The lowest BCUT2D eigenvalue weighted by atomic mass is 10.1. The second-order valence-corrected chi connectivity index (χ2v) is 6.03. The smallest absolute Gasteiger partial charge is 0.417 e. The summed E-state index contributed by atoms with van der Waals surface area (Å²) < 4.78 is 44.8. The Hall–Kier alpha value is -3.70. The van der Waals surface area contributed by atoms with Crippen molar-refractivity contribution in [3.05, 3.63) is 62.8 Å². The van der Waals surface area contributed by atoms with Gasteiger partial charge in [0.25, 0.3) is 5.69 Å². The molecule has 30 heavy (non-hydrogen) atoms. The topological polar surface area (TPSA) is 123 Å². The highest BCUT2D eigenvalue weighted by Gasteiger charge is 2.38. The van der Waals surface area contributed by atoms with Gasteiger partial charge in [-0.3, -0.25) is 25.8 Å². The maximum absolute atomic E-state index is 13.4. The van der Waals surface area contributed by atoms with Gasteiger partial charge in [-0.05, 0) is 25.5 Å². The summed E-state index contributed by atoms with van der Waals surface area (Å²) in [7, 11) is 0. The number of nitro benzene ring substituents is 1. The fraction of sp³-hybridized carbons (Fsp3) is 0.278. The largest absolute Gasteiger partial charge is 0.462 e. The molecule has 0 bridgehead atoms. The van der Waals surface area contributed by atoms with E-state index in [-0.39, 0.29) is 24.4 Å². The molecule has 1 heterocycles. The van der Waals surface area contributed by atoms with Gasteiger partial charge in [0, 0.05) is 17.8 Å². The fourth-order valence-electron chi connectivity index (χ4n) is 2.49. The summed E-state index contributed by atoms with van der Waals surface area (Å²) in [5, 5.41) is 10.6. The lowest BCUT2D eigenvalue weighted by Crippen LogP contribution is -2.33. The van der Waals surface area contributed by atoms with Crippen molar-refractivity contribution < 1.29 is 32.4 Å². The first kappa shape index (κ1) is 22.6. The Morgan fingerprint density at radius 1 is 1.23 bits per heavy atom. The zero-order valence-corrected chi connectivity index (χ0v) is 15.9. The van der Waals surface area contributed by atoms with Crippen LogP contribution in [0.3, 0.4) is 0 Å². The van der Waals surface area contributed by atoms with Crippen LogP contribution in [0.15, 0.2) is 30.3 Å². The van der Waals surface area contributed by atoms with Crippen molar-refractivity contribution in [3.63, 3.8) is 0 Å². The van der Waals surface area contributed by atoms with Crippen LogP contribution in [0.25, 0.3) is 0 Å². The SMILES string of the molecule is CCOC(=O)c1c(C(F)(F)F)cc(C)nc1NNC(=O)Cc1ccc([N+](=O)[O-])cc1.